The van der Waals surface area contributed by atoms with Gasteiger partial charge in [-0.3, -0.25) is 28.5 Å². The molecule has 54 heavy (non-hydrogen) atoms. The molecule has 1 saturated heterocycles. The number of H-pyrrole nitrogens is 1. The summed E-state index contributed by atoms with van der Waals surface area (Å²) >= 11 is 0. The fraction of sp³-hybridized carbons (Fsp3) is 0.816. The smallest absolute Gasteiger partial charge is 0.397 e. The first-order valence-electron chi connectivity index (χ1n) is 20.4. The zero-order valence-corrected chi connectivity index (χ0v) is 33.3. The Morgan fingerprint density at radius 2 is 1.22 bits per heavy atom. The van der Waals surface area contributed by atoms with Crippen LogP contribution in [0.1, 0.15) is 174 Å². The first-order valence-corrected chi connectivity index (χ1v) is 21.8. The number of carbonyl (C=O) groups excluding carboxylic acids is 2. The molecule has 4 atom stereocenters. The Labute approximate surface area is 320 Å². The van der Waals surface area contributed by atoms with Crippen molar-refractivity contribution < 1.29 is 41.0 Å². The lowest BCUT2D eigenvalue weighted by atomic mass is 10.1. The van der Waals surface area contributed by atoms with Crippen LogP contribution in [-0.2, 0) is 38.4 Å². The monoisotopic (exact) mass is 783 g/mol. The number of rotatable bonds is 30. The zero-order chi connectivity index (χ0) is 39.2. The molecular weight excluding hydrogens is 719 g/mol. The summed E-state index contributed by atoms with van der Waals surface area (Å²) in [6.07, 6.45) is 20.7. The number of nitrogens with two attached hydrogens (primary N) is 1. The third-order valence-corrected chi connectivity index (χ3v) is 10.3. The van der Waals surface area contributed by atoms with E-state index in [0.717, 1.165) is 51.4 Å². The molecule has 308 valence electrons. The van der Waals surface area contributed by atoms with Gasteiger partial charge in [0.1, 0.15) is 6.10 Å². The first kappa shape index (κ1) is 45.3. The van der Waals surface area contributed by atoms with Gasteiger partial charge in [-0.05, 0) is 12.8 Å². The molecule has 2 aromatic heterocycles. The van der Waals surface area contributed by atoms with Crippen molar-refractivity contribution in [2.45, 2.75) is 192 Å². The van der Waals surface area contributed by atoms with Crippen LogP contribution in [0.4, 0.5) is 5.95 Å². The number of hydrogen-bond donors (Lipinski definition) is 3. The number of ether oxygens (including phenoxy) is 3. The number of unbranched alkanes of at least 4 members (excludes halogenated alkanes) is 20. The second-order valence-corrected chi connectivity index (χ2v) is 15.6. The number of imidazole rings is 1. The van der Waals surface area contributed by atoms with E-state index < -0.39 is 59.0 Å². The molecule has 3 heterocycles. The number of fused-ring (bicyclic) bond motifs is 1. The molecule has 0 bridgehead atoms. The minimum atomic E-state index is -4.91. The molecule has 1 fully saturated rings. The molecule has 3 rings (SSSR count). The number of aromatic amines is 1. The lowest BCUT2D eigenvalue weighted by molar-refractivity contribution is -0.168. The second kappa shape index (κ2) is 25.2. The maximum absolute atomic E-state index is 13.3. The SMILES string of the molecule is CCCCCCCCCCCCCC(=O)O[C@@H]1[C@H](OC(=O)CCCCCCCCCCCCC)[C@@H](COS(=O)(=O)O)O[C@H]1n1cnc2c(=O)[nH]c(N)nc21. The van der Waals surface area contributed by atoms with E-state index in [2.05, 4.69) is 33.0 Å². The quantitative estimate of drug-likeness (QED) is 0.0395. The lowest BCUT2D eigenvalue weighted by Crippen LogP contribution is -2.41. The standard InChI is InChI=1S/C38H65N5O10S/c1-3-5-7-9-11-13-15-17-19-21-23-25-30(44)52-33-29(27-50-54(47,48)49)51-37(43-28-40-32-35(43)41-38(39)42-36(32)46)34(33)53-31(45)26-24-22-20-18-16-14-12-10-8-6-4-2/h28-29,33-34,37H,3-27H2,1-2H3,(H,47,48,49)(H3,39,41,42,46)/t29-,33-,34-,37-/m1/s1. The van der Waals surface area contributed by atoms with E-state index in [1.54, 1.807) is 0 Å². The number of esters is 2. The molecule has 16 heteroatoms. The van der Waals surface area contributed by atoms with E-state index in [-0.39, 0.29) is 30.0 Å². The third kappa shape index (κ3) is 16.7. The lowest BCUT2D eigenvalue weighted by Gasteiger charge is -2.25. The fourth-order valence-corrected chi connectivity index (χ4v) is 7.21. The summed E-state index contributed by atoms with van der Waals surface area (Å²) < 4.78 is 56.3. The normalized spacial score (nSPS) is 18.7. The summed E-state index contributed by atoms with van der Waals surface area (Å²) in [6, 6.07) is 0. The molecule has 0 aromatic carbocycles. The summed E-state index contributed by atoms with van der Waals surface area (Å²) in [5, 5.41) is 0. The Balaban J connectivity index is 1.64. The van der Waals surface area contributed by atoms with Gasteiger partial charge in [0.25, 0.3) is 5.56 Å². The number of aromatic nitrogens is 4. The summed E-state index contributed by atoms with van der Waals surface area (Å²) in [5.41, 5.74) is 5.14. The summed E-state index contributed by atoms with van der Waals surface area (Å²) in [6.45, 7) is 3.67. The number of carbonyl (C=O) groups is 2. The average Bonchev–Trinajstić information content (AvgIpc) is 3.69. The van der Waals surface area contributed by atoms with E-state index in [1.807, 2.05) is 0 Å². The Kier molecular flexibility index (Phi) is 21.1. The summed E-state index contributed by atoms with van der Waals surface area (Å²) in [4.78, 5) is 49.7. The van der Waals surface area contributed by atoms with Crippen molar-refractivity contribution in [1.82, 2.24) is 19.5 Å². The van der Waals surface area contributed by atoms with Gasteiger partial charge in [0.15, 0.2) is 29.6 Å². The minimum absolute atomic E-state index is 0.00930. The number of nitrogen functional groups attached to an aromatic ring is 1. The van der Waals surface area contributed by atoms with Crippen LogP contribution in [0.2, 0.25) is 0 Å². The molecule has 0 amide bonds. The van der Waals surface area contributed by atoms with Crippen molar-refractivity contribution in [2.75, 3.05) is 12.3 Å². The van der Waals surface area contributed by atoms with E-state index in [9.17, 15) is 27.4 Å². The van der Waals surface area contributed by atoms with Crippen LogP contribution in [0, 0.1) is 0 Å². The largest absolute Gasteiger partial charge is 0.455 e. The maximum Gasteiger partial charge on any atom is 0.397 e. The van der Waals surface area contributed by atoms with Gasteiger partial charge in [-0.25, -0.2) is 9.17 Å². The first-order chi connectivity index (χ1) is 26.0. The number of anilines is 1. The van der Waals surface area contributed by atoms with Gasteiger partial charge in [0, 0.05) is 12.8 Å². The van der Waals surface area contributed by atoms with Gasteiger partial charge in [0.2, 0.25) is 5.95 Å². The minimum Gasteiger partial charge on any atom is -0.455 e. The predicted octanol–water partition coefficient (Wildman–Crippen LogP) is 7.64. The second-order valence-electron chi connectivity index (χ2n) is 14.5. The predicted molar refractivity (Wildman–Crippen MR) is 206 cm³/mol. The van der Waals surface area contributed by atoms with Gasteiger partial charge < -0.3 is 19.9 Å². The zero-order valence-electron chi connectivity index (χ0n) is 32.5. The van der Waals surface area contributed by atoms with E-state index in [0.29, 0.717) is 12.8 Å². The molecule has 2 aromatic rings. The van der Waals surface area contributed by atoms with Crippen LogP contribution >= 0.6 is 0 Å². The third-order valence-electron chi connectivity index (χ3n) is 9.90. The van der Waals surface area contributed by atoms with Crippen LogP contribution in [0.15, 0.2) is 11.1 Å². The fourth-order valence-electron chi connectivity index (χ4n) is 6.90. The average molecular weight is 784 g/mol. The van der Waals surface area contributed by atoms with E-state index >= 15 is 0 Å². The van der Waals surface area contributed by atoms with Gasteiger partial charge in [-0.2, -0.15) is 13.4 Å². The molecule has 1 aliphatic heterocycles. The van der Waals surface area contributed by atoms with Crippen molar-refractivity contribution in [2.24, 2.45) is 0 Å². The molecule has 15 nitrogen and oxygen atoms in total. The Morgan fingerprint density at radius 3 is 1.69 bits per heavy atom. The molecule has 0 unspecified atom stereocenters. The Hall–Kier alpha value is -3.08. The highest BCUT2D eigenvalue weighted by Crippen LogP contribution is 2.36. The maximum atomic E-state index is 13.3. The van der Waals surface area contributed by atoms with Crippen LogP contribution in [0.25, 0.3) is 11.2 Å². The molecular formula is C38H65N5O10S. The molecule has 1 aliphatic rings. The highest BCUT2D eigenvalue weighted by Gasteiger charge is 2.51. The Morgan fingerprint density at radius 1 is 0.778 bits per heavy atom. The van der Waals surface area contributed by atoms with Gasteiger partial charge >= 0.3 is 22.3 Å². The van der Waals surface area contributed by atoms with Gasteiger partial charge in [-0.15, -0.1) is 0 Å². The summed E-state index contributed by atoms with van der Waals surface area (Å²) in [5.74, 6) is -1.35. The molecule has 4 N–H and O–H groups in total. The van der Waals surface area contributed by atoms with Crippen molar-refractivity contribution in [3.8, 4) is 0 Å². The highest BCUT2D eigenvalue weighted by molar-refractivity contribution is 7.80. The molecule has 0 radical (unpaired) electrons. The molecule has 0 spiro atoms. The topological polar surface area (TPSA) is 215 Å². The van der Waals surface area contributed by atoms with Crippen LogP contribution in [0.5, 0.6) is 0 Å². The number of hydrogen-bond acceptors (Lipinski definition) is 12. The van der Waals surface area contributed by atoms with Gasteiger partial charge in [-0.1, -0.05) is 142 Å². The van der Waals surface area contributed by atoms with E-state index in [4.69, 9.17) is 19.9 Å². The van der Waals surface area contributed by atoms with Crippen LogP contribution in [-0.4, -0.2) is 69.3 Å². The summed E-state index contributed by atoms with van der Waals surface area (Å²) in [7, 11) is -4.91. The van der Waals surface area contributed by atoms with Gasteiger partial charge in [0.05, 0.1) is 12.9 Å². The number of nitrogens with one attached hydrogen (secondary N) is 1. The van der Waals surface area contributed by atoms with Crippen molar-refractivity contribution in [1.29, 1.82) is 0 Å². The van der Waals surface area contributed by atoms with Crippen molar-refractivity contribution in [3.63, 3.8) is 0 Å². The molecule has 0 aliphatic carbocycles. The van der Waals surface area contributed by atoms with Crippen molar-refractivity contribution in [3.05, 3.63) is 16.7 Å². The highest BCUT2D eigenvalue weighted by atomic mass is 32.3. The van der Waals surface area contributed by atoms with Crippen molar-refractivity contribution >= 4 is 39.4 Å². The van der Waals surface area contributed by atoms with Crippen LogP contribution in [0.3, 0.4) is 0 Å². The molecule has 0 saturated carbocycles. The van der Waals surface area contributed by atoms with Crippen LogP contribution < -0.4 is 11.3 Å². The Bertz CT molecular complexity index is 1550. The van der Waals surface area contributed by atoms with E-state index in [1.165, 1.54) is 87.9 Å². The number of nitrogens with zero attached hydrogens (tertiary/aromatic N) is 3.